The van der Waals surface area contributed by atoms with E-state index in [2.05, 4.69) is 0 Å². The van der Waals surface area contributed by atoms with Crippen molar-refractivity contribution in [2.75, 3.05) is 0 Å². The maximum Gasteiger partial charge on any atom is 0.372 e. The van der Waals surface area contributed by atoms with Gasteiger partial charge in [-0.05, 0) is 12.2 Å². The quantitative estimate of drug-likeness (QED) is 0.256. The van der Waals surface area contributed by atoms with Crippen LogP contribution >= 0.6 is 0 Å². The normalized spacial score (nSPS) is 9.67. The topological polar surface area (TPSA) is 88.5 Å². The van der Waals surface area contributed by atoms with Crippen LogP contribution in [0, 0.1) is 0 Å². The highest BCUT2D eigenvalue weighted by atomic mass is 16.4. The fourth-order valence-corrected chi connectivity index (χ4v) is 0.439. The summed E-state index contributed by atoms with van der Waals surface area (Å²) in [5.74, 6) is -3.53. The van der Waals surface area contributed by atoms with E-state index in [-0.39, 0.29) is 0 Å². The molecule has 0 aromatic rings. The molecule has 0 spiro atoms. The first kappa shape index (κ1) is 10.2. The maximum absolute atomic E-state index is 10.6. The van der Waals surface area contributed by atoms with Gasteiger partial charge in [-0.1, -0.05) is 0 Å². The van der Waals surface area contributed by atoms with Crippen molar-refractivity contribution in [3.05, 3.63) is 12.2 Å². The number of allylic oxidation sites excluding steroid dienone is 2. The molecular formula is C7H6O5. The highest BCUT2D eigenvalue weighted by Gasteiger charge is 2.13. The summed E-state index contributed by atoms with van der Waals surface area (Å²) < 4.78 is 0. The second-order valence-corrected chi connectivity index (χ2v) is 1.87. The lowest BCUT2D eigenvalue weighted by molar-refractivity contribution is -0.149. The number of hydrogen-bond donors (Lipinski definition) is 1. The number of aliphatic carboxylic acids is 1. The van der Waals surface area contributed by atoms with Crippen LogP contribution in [0.1, 0.15) is 6.42 Å². The van der Waals surface area contributed by atoms with Gasteiger partial charge in [0.25, 0.3) is 0 Å². The monoisotopic (exact) mass is 170 g/mol. The van der Waals surface area contributed by atoms with Crippen molar-refractivity contribution in [1.29, 1.82) is 0 Å². The Morgan fingerprint density at radius 2 is 1.83 bits per heavy atom. The molecule has 0 aromatic carbocycles. The van der Waals surface area contributed by atoms with Crippen LogP contribution in [0.5, 0.6) is 0 Å². The van der Waals surface area contributed by atoms with Gasteiger partial charge in [-0.3, -0.25) is 14.4 Å². The van der Waals surface area contributed by atoms with Crippen LogP contribution in [0.4, 0.5) is 0 Å². The van der Waals surface area contributed by atoms with E-state index >= 15 is 0 Å². The summed E-state index contributed by atoms with van der Waals surface area (Å²) in [6.07, 6.45) is 1.41. The Bertz CT molecular complexity index is 251. The minimum absolute atomic E-state index is 0.364. The van der Waals surface area contributed by atoms with Crippen molar-refractivity contribution >= 4 is 23.8 Å². The molecule has 0 aromatic heterocycles. The first-order chi connectivity index (χ1) is 5.57. The van der Waals surface area contributed by atoms with Gasteiger partial charge in [-0.25, -0.2) is 4.79 Å². The average Bonchev–Trinajstić information content (AvgIpc) is 2.00. The van der Waals surface area contributed by atoms with Gasteiger partial charge < -0.3 is 5.11 Å². The third-order valence-electron chi connectivity index (χ3n) is 0.934. The molecule has 0 radical (unpaired) electrons. The van der Waals surface area contributed by atoms with E-state index in [1.54, 1.807) is 0 Å². The second kappa shape index (κ2) is 4.95. The third kappa shape index (κ3) is 4.10. The number of carboxylic acid groups (broad SMARTS) is 1. The summed E-state index contributed by atoms with van der Waals surface area (Å²) in [5.41, 5.74) is 0. The van der Waals surface area contributed by atoms with E-state index < -0.39 is 24.0 Å². The van der Waals surface area contributed by atoms with Crippen molar-refractivity contribution in [2.24, 2.45) is 0 Å². The van der Waals surface area contributed by atoms with Crippen LogP contribution in [0.2, 0.25) is 0 Å². The third-order valence-corrected chi connectivity index (χ3v) is 0.934. The van der Waals surface area contributed by atoms with Crippen LogP contribution in [0.15, 0.2) is 12.2 Å². The molecule has 0 heterocycles. The Labute approximate surface area is 67.7 Å². The van der Waals surface area contributed by atoms with E-state index in [0.717, 1.165) is 12.2 Å². The van der Waals surface area contributed by atoms with Crippen LogP contribution < -0.4 is 0 Å². The van der Waals surface area contributed by atoms with Gasteiger partial charge in [0.2, 0.25) is 5.78 Å². The maximum atomic E-state index is 10.6. The molecule has 5 heteroatoms. The zero-order chi connectivity index (χ0) is 9.56. The fourth-order valence-electron chi connectivity index (χ4n) is 0.439. The average molecular weight is 170 g/mol. The number of rotatable bonds is 5. The lowest BCUT2D eigenvalue weighted by atomic mass is 10.2. The predicted molar refractivity (Wildman–Crippen MR) is 37.5 cm³/mol. The van der Waals surface area contributed by atoms with E-state index in [1.165, 1.54) is 0 Å². The van der Waals surface area contributed by atoms with Crippen molar-refractivity contribution < 1.29 is 24.3 Å². The first-order valence-electron chi connectivity index (χ1n) is 2.98. The molecule has 0 saturated heterocycles. The molecule has 5 nitrogen and oxygen atoms in total. The summed E-state index contributed by atoms with van der Waals surface area (Å²) in [7, 11) is 0. The van der Waals surface area contributed by atoms with E-state index in [1.807, 2.05) is 0 Å². The van der Waals surface area contributed by atoms with Gasteiger partial charge in [0, 0.05) is 0 Å². The Morgan fingerprint density at radius 3 is 2.25 bits per heavy atom. The lowest BCUT2D eigenvalue weighted by Gasteiger charge is -1.88. The summed E-state index contributed by atoms with van der Waals surface area (Å²) >= 11 is 0. The molecule has 0 aliphatic heterocycles. The molecule has 0 unspecified atom stereocenters. The molecular weight excluding hydrogens is 164 g/mol. The zero-order valence-electron chi connectivity index (χ0n) is 6.02. The van der Waals surface area contributed by atoms with Gasteiger partial charge >= 0.3 is 5.97 Å². The molecule has 0 fully saturated rings. The number of carbonyl (C=O) groups is 4. The van der Waals surface area contributed by atoms with Crippen molar-refractivity contribution in [3.8, 4) is 0 Å². The minimum Gasteiger partial charge on any atom is -0.475 e. The predicted octanol–water partition coefficient (Wildman–Crippen LogP) is -0.646. The molecule has 1 N–H and O–H groups in total. The van der Waals surface area contributed by atoms with Gasteiger partial charge in [-0.2, -0.15) is 0 Å². The van der Waals surface area contributed by atoms with Gasteiger partial charge in [0.15, 0.2) is 5.78 Å². The minimum atomic E-state index is -1.65. The summed E-state index contributed by atoms with van der Waals surface area (Å²) in [5, 5.41) is 8.06. The highest BCUT2D eigenvalue weighted by Crippen LogP contribution is 1.87. The van der Waals surface area contributed by atoms with Crippen molar-refractivity contribution in [2.45, 2.75) is 6.42 Å². The van der Waals surface area contributed by atoms with Crippen molar-refractivity contribution in [3.63, 3.8) is 0 Å². The number of hydrogen-bond acceptors (Lipinski definition) is 4. The molecule has 0 amide bonds. The SMILES string of the molecule is O=C/C=C\C(=O)CC(=O)C(=O)O. The molecule has 0 rings (SSSR count). The van der Waals surface area contributed by atoms with Gasteiger partial charge in [0.1, 0.15) is 6.29 Å². The highest BCUT2D eigenvalue weighted by molar-refractivity contribution is 6.37. The molecule has 0 bridgehead atoms. The largest absolute Gasteiger partial charge is 0.475 e. The Morgan fingerprint density at radius 1 is 1.25 bits per heavy atom. The number of Topliss-reactive ketones (excluding diaryl/α,β-unsaturated/α-hetero) is 1. The Kier molecular flexibility index (Phi) is 4.21. The Hall–Kier alpha value is -1.78. The van der Waals surface area contributed by atoms with E-state index in [0.29, 0.717) is 6.29 Å². The van der Waals surface area contributed by atoms with Gasteiger partial charge in [0.05, 0.1) is 6.42 Å². The van der Waals surface area contributed by atoms with Crippen LogP contribution in [0.3, 0.4) is 0 Å². The molecule has 0 saturated carbocycles. The molecule has 64 valence electrons. The molecule has 0 aliphatic rings. The van der Waals surface area contributed by atoms with Crippen LogP contribution in [-0.2, 0) is 19.2 Å². The number of carboxylic acids is 1. The van der Waals surface area contributed by atoms with E-state index in [4.69, 9.17) is 5.11 Å². The smallest absolute Gasteiger partial charge is 0.372 e. The summed E-state index contributed by atoms with van der Waals surface area (Å²) in [4.78, 5) is 40.6. The Balaban J connectivity index is 4.01. The summed E-state index contributed by atoms with van der Waals surface area (Å²) in [6.45, 7) is 0. The lowest BCUT2D eigenvalue weighted by Crippen LogP contribution is -2.15. The second-order valence-electron chi connectivity index (χ2n) is 1.87. The van der Waals surface area contributed by atoms with Crippen molar-refractivity contribution in [1.82, 2.24) is 0 Å². The fraction of sp³-hybridized carbons (Fsp3) is 0.143. The summed E-state index contributed by atoms with van der Waals surface area (Å²) in [6, 6.07) is 0. The first-order valence-corrected chi connectivity index (χ1v) is 2.98. The standard InChI is InChI=1S/C7H6O5/c8-3-1-2-5(9)4-6(10)7(11)12/h1-3H,4H2,(H,11,12)/b2-1-. The van der Waals surface area contributed by atoms with E-state index in [9.17, 15) is 19.2 Å². The van der Waals surface area contributed by atoms with Crippen LogP contribution in [0.25, 0.3) is 0 Å². The molecule has 12 heavy (non-hydrogen) atoms. The van der Waals surface area contributed by atoms with Gasteiger partial charge in [-0.15, -0.1) is 0 Å². The number of carbonyl (C=O) groups excluding carboxylic acids is 3. The number of ketones is 2. The molecule has 0 atom stereocenters. The van der Waals surface area contributed by atoms with Crippen LogP contribution in [-0.4, -0.2) is 28.9 Å². The molecule has 0 aliphatic carbocycles. The number of aldehydes is 1. The zero-order valence-corrected chi connectivity index (χ0v) is 6.02.